The maximum absolute atomic E-state index is 14.5. The molecule has 0 amide bonds. The summed E-state index contributed by atoms with van der Waals surface area (Å²) in [7, 11) is -4.10. The van der Waals surface area contributed by atoms with Gasteiger partial charge in [0, 0.05) is 18.7 Å². The molecule has 1 aromatic heterocycles. The van der Waals surface area contributed by atoms with E-state index in [1.807, 2.05) is 4.57 Å². The van der Waals surface area contributed by atoms with E-state index in [0.717, 1.165) is 55.8 Å². The van der Waals surface area contributed by atoms with E-state index in [0.29, 0.717) is 12.4 Å². The van der Waals surface area contributed by atoms with Gasteiger partial charge in [-0.25, -0.2) is 17.2 Å². The van der Waals surface area contributed by atoms with Crippen LogP contribution in [0.5, 0.6) is 0 Å². The van der Waals surface area contributed by atoms with E-state index in [1.54, 1.807) is 0 Å². The van der Waals surface area contributed by atoms with E-state index in [-0.39, 0.29) is 21.2 Å². The lowest BCUT2D eigenvalue weighted by Gasteiger charge is -2.12. The quantitative estimate of drug-likeness (QED) is 0.654. The molecule has 0 spiro atoms. The van der Waals surface area contributed by atoms with Crippen LogP contribution >= 0.6 is 11.6 Å². The summed E-state index contributed by atoms with van der Waals surface area (Å²) in [5.41, 5.74) is 0.281. The molecule has 1 aliphatic heterocycles. The topological polar surface area (TPSA) is 76.9 Å². The van der Waals surface area contributed by atoms with Crippen molar-refractivity contribution in [1.82, 2.24) is 14.8 Å². The zero-order valence-corrected chi connectivity index (χ0v) is 16.8. The molecule has 10 heteroatoms. The van der Waals surface area contributed by atoms with Crippen molar-refractivity contribution in [3.8, 4) is 11.4 Å². The molecule has 1 aliphatic rings. The average molecular weight is 439 g/mol. The second-order valence-corrected chi connectivity index (χ2v) is 8.84. The molecule has 0 unspecified atom stereocenters. The molecule has 0 aliphatic carbocycles. The van der Waals surface area contributed by atoms with Crippen molar-refractivity contribution in [2.24, 2.45) is 0 Å². The highest BCUT2D eigenvalue weighted by molar-refractivity contribution is 7.92. The number of hydrogen-bond donors (Lipinski definition) is 1. The molecule has 0 saturated carbocycles. The molecule has 152 valence electrons. The zero-order chi connectivity index (χ0) is 20.6. The van der Waals surface area contributed by atoms with Gasteiger partial charge in [-0.3, -0.25) is 4.72 Å². The molecule has 0 radical (unpaired) electrons. The van der Waals surface area contributed by atoms with Gasteiger partial charge in [0.15, 0.2) is 5.82 Å². The number of sulfonamides is 1. The van der Waals surface area contributed by atoms with Crippen molar-refractivity contribution in [2.45, 2.75) is 37.1 Å². The number of halogens is 3. The lowest BCUT2D eigenvalue weighted by Crippen LogP contribution is -2.14. The van der Waals surface area contributed by atoms with Gasteiger partial charge in [0.25, 0.3) is 10.0 Å². The fraction of sp³-hybridized carbons (Fsp3) is 0.263. The minimum atomic E-state index is -4.10. The van der Waals surface area contributed by atoms with Crippen LogP contribution < -0.4 is 4.72 Å². The monoisotopic (exact) mass is 438 g/mol. The van der Waals surface area contributed by atoms with E-state index in [1.165, 1.54) is 12.1 Å². The molecule has 29 heavy (non-hydrogen) atoms. The summed E-state index contributed by atoms with van der Waals surface area (Å²) in [5, 5.41) is 8.04. The molecule has 0 saturated heterocycles. The summed E-state index contributed by atoms with van der Waals surface area (Å²) in [6.07, 6.45) is 3.77. The maximum Gasteiger partial charge on any atom is 0.263 e. The number of fused-ring (bicyclic) bond motifs is 1. The van der Waals surface area contributed by atoms with E-state index in [9.17, 15) is 17.2 Å². The third-order valence-electron chi connectivity index (χ3n) is 4.75. The van der Waals surface area contributed by atoms with Gasteiger partial charge in [-0.1, -0.05) is 18.0 Å². The van der Waals surface area contributed by atoms with Gasteiger partial charge in [0.05, 0.1) is 10.6 Å². The standard InChI is InChI=1S/C19H17ClF2N4O2S/c20-15-10-12(21)5-8-17(15)29(27,28)25-13-6-7-16(22)14(11-13)19-24-23-18-4-2-1-3-9-26(18)19/h5-8,10-11,25H,1-4,9H2. The Bertz CT molecular complexity index is 1180. The molecular weight excluding hydrogens is 422 g/mol. The molecule has 3 aromatic rings. The zero-order valence-electron chi connectivity index (χ0n) is 15.2. The Morgan fingerprint density at radius 1 is 1.03 bits per heavy atom. The van der Waals surface area contributed by atoms with Gasteiger partial charge in [0.2, 0.25) is 0 Å². The third-order valence-corrected chi connectivity index (χ3v) is 6.62. The lowest BCUT2D eigenvalue weighted by atomic mass is 10.1. The Morgan fingerprint density at radius 3 is 2.66 bits per heavy atom. The van der Waals surface area contributed by atoms with Crippen molar-refractivity contribution in [3.05, 3.63) is 58.9 Å². The van der Waals surface area contributed by atoms with Crippen LogP contribution in [-0.2, 0) is 23.0 Å². The first-order valence-electron chi connectivity index (χ1n) is 9.05. The summed E-state index contributed by atoms with van der Waals surface area (Å²) >= 11 is 5.87. The number of aromatic nitrogens is 3. The van der Waals surface area contributed by atoms with Crippen molar-refractivity contribution in [3.63, 3.8) is 0 Å². The molecule has 0 fully saturated rings. The SMILES string of the molecule is O=S(=O)(Nc1ccc(F)c(-c2nnc3n2CCCCC3)c1)c1ccc(F)cc1Cl. The van der Waals surface area contributed by atoms with Crippen molar-refractivity contribution < 1.29 is 17.2 Å². The fourth-order valence-corrected chi connectivity index (χ4v) is 4.93. The first kappa shape index (κ1) is 19.8. The smallest absolute Gasteiger partial charge is 0.263 e. The third kappa shape index (κ3) is 3.97. The summed E-state index contributed by atoms with van der Waals surface area (Å²) in [6.45, 7) is 0.679. The van der Waals surface area contributed by atoms with Crippen molar-refractivity contribution in [2.75, 3.05) is 4.72 Å². The fourth-order valence-electron chi connectivity index (χ4n) is 3.35. The van der Waals surface area contributed by atoms with Crippen LogP contribution in [0.4, 0.5) is 14.5 Å². The van der Waals surface area contributed by atoms with Crippen LogP contribution in [0.15, 0.2) is 41.3 Å². The number of nitrogens with zero attached hydrogens (tertiary/aromatic N) is 3. The van der Waals surface area contributed by atoms with Crippen LogP contribution in [0.2, 0.25) is 5.02 Å². The Hall–Kier alpha value is -2.52. The van der Waals surface area contributed by atoms with Gasteiger partial charge < -0.3 is 4.57 Å². The van der Waals surface area contributed by atoms with Crippen LogP contribution in [0.25, 0.3) is 11.4 Å². The van der Waals surface area contributed by atoms with Crippen LogP contribution in [-0.4, -0.2) is 23.2 Å². The Balaban J connectivity index is 1.70. The number of benzene rings is 2. The van der Waals surface area contributed by atoms with E-state index < -0.39 is 21.7 Å². The number of nitrogens with one attached hydrogen (secondary N) is 1. The lowest BCUT2D eigenvalue weighted by molar-refractivity contribution is 0.599. The normalized spacial score (nSPS) is 14.3. The first-order chi connectivity index (χ1) is 13.8. The van der Waals surface area contributed by atoms with E-state index >= 15 is 0 Å². The molecule has 0 atom stereocenters. The number of aryl methyl sites for hydroxylation is 1. The summed E-state index contributed by atoms with van der Waals surface area (Å²) < 4.78 is 57.3. The minimum Gasteiger partial charge on any atom is -0.311 e. The van der Waals surface area contributed by atoms with Crippen molar-refractivity contribution in [1.29, 1.82) is 0 Å². The van der Waals surface area contributed by atoms with Gasteiger partial charge in [-0.15, -0.1) is 10.2 Å². The van der Waals surface area contributed by atoms with Gasteiger partial charge in [-0.2, -0.15) is 0 Å². The number of anilines is 1. The maximum atomic E-state index is 14.5. The van der Waals surface area contributed by atoms with Crippen LogP contribution in [0.1, 0.15) is 25.1 Å². The van der Waals surface area contributed by atoms with E-state index in [2.05, 4.69) is 14.9 Å². The highest BCUT2D eigenvalue weighted by Gasteiger charge is 2.22. The van der Waals surface area contributed by atoms with Crippen LogP contribution in [0.3, 0.4) is 0 Å². The highest BCUT2D eigenvalue weighted by atomic mass is 35.5. The number of hydrogen-bond acceptors (Lipinski definition) is 4. The molecule has 0 bridgehead atoms. The molecular formula is C19H17ClF2N4O2S. The summed E-state index contributed by atoms with van der Waals surface area (Å²) in [6, 6.07) is 6.82. The van der Waals surface area contributed by atoms with Gasteiger partial charge >= 0.3 is 0 Å². The summed E-state index contributed by atoms with van der Waals surface area (Å²) in [5.74, 6) is -0.0287. The Morgan fingerprint density at radius 2 is 1.86 bits per heavy atom. The largest absolute Gasteiger partial charge is 0.311 e. The Labute approximate surface area is 171 Å². The molecule has 2 heterocycles. The van der Waals surface area contributed by atoms with E-state index in [4.69, 9.17) is 11.6 Å². The second-order valence-electron chi connectivity index (χ2n) is 6.78. The first-order valence-corrected chi connectivity index (χ1v) is 10.9. The van der Waals surface area contributed by atoms with Gasteiger partial charge in [-0.05, 0) is 49.2 Å². The van der Waals surface area contributed by atoms with Crippen LogP contribution in [0, 0.1) is 11.6 Å². The second kappa shape index (κ2) is 7.72. The van der Waals surface area contributed by atoms with Crippen molar-refractivity contribution >= 4 is 27.3 Å². The van der Waals surface area contributed by atoms with Gasteiger partial charge in [0.1, 0.15) is 22.4 Å². The average Bonchev–Trinajstić information content (AvgIpc) is 2.90. The predicted octanol–water partition coefficient (Wildman–Crippen LogP) is 4.40. The highest BCUT2D eigenvalue weighted by Crippen LogP contribution is 2.29. The predicted molar refractivity (Wildman–Crippen MR) is 105 cm³/mol. The molecule has 2 aromatic carbocycles. The number of rotatable bonds is 4. The summed E-state index contributed by atoms with van der Waals surface area (Å²) in [4.78, 5) is -0.275. The Kier molecular flexibility index (Phi) is 5.26. The molecule has 1 N–H and O–H groups in total. The molecule has 4 rings (SSSR count). The minimum absolute atomic E-state index is 0.132. The molecule has 6 nitrogen and oxygen atoms in total.